The highest BCUT2D eigenvalue weighted by Gasteiger charge is 2.15. The van der Waals surface area contributed by atoms with Gasteiger partial charge in [0.1, 0.15) is 0 Å². The molecule has 1 N–H and O–H groups in total. The Bertz CT molecular complexity index is 570. The van der Waals surface area contributed by atoms with Gasteiger partial charge in [0.2, 0.25) is 0 Å². The van der Waals surface area contributed by atoms with E-state index in [4.69, 9.17) is 16.6 Å². The summed E-state index contributed by atoms with van der Waals surface area (Å²) in [5.41, 5.74) is 2.31. The molecule has 1 heterocycles. The van der Waals surface area contributed by atoms with Crippen molar-refractivity contribution >= 4 is 28.1 Å². The van der Waals surface area contributed by atoms with Crippen LogP contribution in [-0.4, -0.2) is 18.6 Å². The number of nitrogens with zero attached hydrogens (tertiary/aromatic N) is 2. The third kappa shape index (κ3) is 4.43. The SMILES string of the molecule is CCCNCc1csc(N(C)C(C)c2cccc(Cl)c2)n1. The molecule has 1 atom stereocenters. The van der Waals surface area contributed by atoms with Crippen LogP contribution < -0.4 is 10.2 Å². The zero-order valence-corrected chi connectivity index (χ0v) is 14.3. The predicted molar refractivity (Wildman–Crippen MR) is 92.4 cm³/mol. The Morgan fingerprint density at radius 2 is 2.24 bits per heavy atom. The van der Waals surface area contributed by atoms with Crippen molar-refractivity contribution in [1.82, 2.24) is 10.3 Å². The molecule has 114 valence electrons. The summed E-state index contributed by atoms with van der Waals surface area (Å²) in [6, 6.07) is 8.25. The molecule has 1 aromatic carbocycles. The predicted octanol–water partition coefficient (Wildman–Crippen LogP) is 4.49. The van der Waals surface area contributed by atoms with E-state index in [0.29, 0.717) is 0 Å². The number of aromatic nitrogens is 1. The fourth-order valence-electron chi connectivity index (χ4n) is 2.09. The van der Waals surface area contributed by atoms with E-state index in [1.54, 1.807) is 11.3 Å². The van der Waals surface area contributed by atoms with Gasteiger partial charge in [-0.3, -0.25) is 0 Å². The minimum atomic E-state index is 0.242. The van der Waals surface area contributed by atoms with Gasteiger partial charge in [0.15, 0.2) is 5.13 Å². The number of rotatable bonds is 7. The highest BCUT2D eigenvalue weighted by atomic mass is 35.5. The highest BCUT2D eigenvalue weighted by molar-refractivity contribution is 7.13. The summed E-state index contributed by atoms with van der Waals surface area (Å²) in [5, 5.41) is 7.32. The van der Waals surface area contributed by atoms with E-state index in [1.165, 1.54) is 5.56 Å². The van der Waals surface area contributed by atoms with Gasteiger partial charge in [-0.25, -0.2) is 4.98 Å². The fraction of sp³-hybridized carbons (Fsp3) is 0.438. The number of nitrogens with one attached hydrogen (secondary N) is 1. The largest absolute Gasteiger partial charge is 0.344 e. The van der Waals surface area contributed by atoms with Crippen molar-refractivity contribution < 1.29 is 0 Å². The molecule has 0 saturated heterocycles. The lowest BCUT2D eigenvalue weighted by molar-refractivity contribution is 0.664. The second-order valence-electron chi connectivity index (χ2n) is 5.14. The maximum absolute atomic E-state index is 6.07. The highest BCUT2D eigenvalue weighted by Crippen LogP contribution is 2.29. The second kappa shape index (κ2) is 7.78. The van der Waals surface area contributed by atoms with E-state index < -0.39 is 0 Å². The molecule has 1 aromatic heterocycles. The van der Waals surface area contributed by atoms with Crippen LogP contribution in [0.25, 0.3) is 0 Å². The number of hydrogen-bond acceptors (Lipinski definition) is 4. The second-order valence-corrected chi connectivity index (χ2v) is 6.41. The van der Waals surface area contributed by atoms with E-state index in [2.05, 4.69) is 42.6 Å². The van der Waals surface area contributed by atoms with Crippen LogP contribution in [0.3, 0.4) is 0 Å². The van der Waals surface area contributed by atoms with Crippen LogP contribution in [0.2, 0.25) is 5.02 Å². The lowest BCUT2D eigenvalue weighted by Gasteiger charge is -2.24. The zero-order valence-electron chi connectivity index (χ0n) is 12.8. The van der Waals surface area contributed by atoms with Gasteiger partial charge < -0.3 is 10.2 Å². The number of anilines is 1. The average molecular weight is 324 g/mol. The Hall–Kier alpha value is -1.10. The summed E-state index contributed by atoms with van der Waals surface area (Å²) in [4.78, 5) is 6.89. The molecule has 0 aliphatic carbocycles. The zero-order chi connectivity index (χ0) is 15.2. The van der Waals surface area contributed by atoms with Gasteiger partial charge in [-0.2, -0.15) is 0 Å². The van der Waals surface area contributed by atoms with E-state index in [-0.39, 0.29) is 6.04 Å². The van der Waals surface area contributed by atoms with Gasteiger partial charge in [0.05, 0.1) is 11.7 Å². The van der Waals surface area contributed by atoms with Crippen LogP contribution in [0.1, 0.15) is 37.6 Å². The summed E-state index contributed by atoms with van der Waals surface area (Å²) < 4.78 is 0. The molecule has 21 heavy (non-hydrogen) atoms. The van der Waals surface area contributed by atoms with Crippen LogP contribution in [0.4, 0.5) is 5.13 Å². The summed E-state index contributed by atoms with van der Waals surface area (Å²) >= 11 is 7.76. The lowest BCUT2D eigenvalue weighted by Crippen LogP contribution is -2.21. The molecule has 0 spiro atoms. The number of halogens is 1. The van der Waals surface area contributed by atoms with Crippen LogP contribution in [0.15, 0.2) is 29.6 Å². The minimum Gasteiger partial charge on any atom is -0.344 e. The standard InChI is InChI=1S/C16H22ClN3S/c1-4-8-18-10-15-11-21-16(19-15)20(3)12(2)13-6-5-7-14(17)9-13/h5-7,9,11-12,18H,4,8,10H2,1-3H3. The van der Waals surface area contributed by atoms with E-state index in [1.807, 2.05) is 18.2 Å². The third-order valence-electron chi connectivity index (χ3n) is 3.49. The van der Waals surface area contributed by atoms with Gasteiger partial charge in [-0.1, -0.05) is 30.7 Å². The topological polar surface area (TPSA) is 28.2 Å². The number of hydrogen-bond donors (Lipinski definition) is 1. The summed E-state index contributed by atoms with van der Waals surface area (Å²) in [7, 11) is 2.08. The van der Waals surface area contributed by atoms with E-state index >= 15 is 0 Å². The van der Waals surface area contributed by atoms with Crippen LogP contribution in [0, 0.1) is 0 Å². The van der Waals surface area contributed by atoms with Crippen molar-refractivity contribution in [2.24, 2.45) is 0 Å². The molecule has 0 fully saturated rings. The quantitative estimate of drug-likeness (QED) is 0.761. The molecule has 1 unspecified atom stereocenters. The molecule has 2 rings (SSSR count). The number of thiazole rings is 1. The maximum atomic E-state index is 6.07. The van der Waals surface area contributed by atoms with Crippen LogP contribution in [0.5, 0.6) is 0 Å². The average Bonchev–Trinajstić information content (AvgIpc) is 2.95. The van der Waals surface area contributed by atoms with Crippen molar-refractivity contribution in [1.29, 1.82) is 0 Å². The molecular formula is C16H22ClN3S. The molecule has 0 bridgehead atoms. The monoisotopic (exact) mass is 323 g/mol. The van der Waals surface area contributed by atoms with Crippen molar-refractivity contribution in [2.45, 2.75) is 32.9 Å². The first-order valence-corrected chi connectivity index (χ1v) is 8.51. The first-order valence-electron chi connectivity index (χ1n) is 7.25. The minimum absolute atomic E-state index is 0.242. The molecule has 0 radical (unpaired) electrons. The van der Waals surface area contributed by atoms with Gasteiger partial charge in [-0.05, 0) is 37.6 Å². The molecule has 0 saturated carbocycles. The summed E-state index contributed by atoms with van der Waals surface area (Å²) in [6.07, 6.45) is 1.14. The first-order chi connectivity index (χ1) is 10.1. The van der Waals surface area contributed by atoms with Gasteiger partial charge in [0.25, 0.3) is 0 Å². The molecule has 0 aliphatic rings. The fourth-order valence-corrected chi connectivity index (χ4v) is 3.16. The molecule has 2 aromatic rings. The molecule has 5 heteroatoms. The van der Waals surface area contributed by atoms with E-state index in [0.717, 1.165) is 35.4 Å². The maximum Gasteiger partial charge on any atom is 0.185 e. The first kappa shape index (κ1) is 16.3. The Morgan fingerprint density at radius 1 is 1.43 bits per heavy atom. The Labute approximate surface area is 136 Å². The number of benzene rings is 1. The Balaban J connectivity index is 2.03. The van der Waals surface area contributed by atoms with Crippen LogP contribution >= 0.6 is 22.9 Å². The normalized spacial score (nSPS) is 12.4. The van der Waals surface area contributed by atoms with Gasteiger partial charge in [-0.15, -0.1) is 11.3 Å². The van der Waals surface area contributed by atoms with Crippen LogP contribution in [-0.2, 0) is 6.54 Å². The lowest BCUT2D eigenvalue weighted by atomic mass is 10.1. The van der Waals surface area contributed by atoms with Crippen molar-refractivity contribution in [3.8, 4) is 0 Å². The van der Waals surface area contributed by atoms with Crippen molar-refractivity contribution in [3.63, 3.8) is 0 Å². The Kier molecular flexibility index (Phi) is 6.03. The molecular weight excluding hydrogens is 302 g/mol. The van der Waals surface area contributed by atoms with Gasteiger partial charge in [0, 0.05) is 24.0 Å². The van der Waals surface area contributed by atoms with Crippen molar-refractivity contribution in [3.05, 3.63) is 45.9 Å². The smallest absolute Gasteiger partial charge is 0.185 e. The molecule has 3 nitrogen and oxygen atoms in total. The summed E-state index contributed by atoms with van der Waals surface area (Å²) in [6.45, 7) is 6.20. The molecule has 0 amide bonds. The van der Waals surface area contributed by atoms with E-state index in [9.17, 15) is 0 Å². The molecule has 0 aliphatic heterocycles. The third-order valence-corrected chi connectivity index (χ3v) is 4.70. The van der Waals surface area contributed by atoms with Gasteiger partial charge >= 0.3 is 0 Å². The van der Waals surface area contributed by atoms with Crippen molar-refractivity contribution in [2.75, 3.05) is 18.5 Å². The summed E-state index contributed by atoms with van der Waals surface area (Å²) in [5.74, 6) is 0. The Morgan fingerprint density at radius 3 is 2.95 bits per heavy atom.